The van der Waals surface area contributed by atoms with E-state index in [1.54, 1.807) is 0 Å². The van der Waals surface area contributed by atoms with Crippen molar-refractivity contribution in [1.82, 2.24) is 5.32 Å². The second-order valence-corrected chi connectivity index (χ2v) is 9.97. The van der Waals surface area contributed by atoms with Crippen LogP contribution in [0.1, 0.15) is 19.8 Å². The Morgan fingerprint density at radius 3 is 2.14 bits per heavy atom. The number of hydrogen-bond acceptors (Lipinski definition) is 2. The number of carbonyl (C=O) groups is 2. The molecule has 0 aliphatic heterocycles. The van der Waals surface area contributed by atoms with E-state index in [0.717, 1.165) is 6.42 Å². The molecule has 1 unspecified atom stereocenters. The summed E-state index contributed by atoms with van der Waals surface area (Å²) >= 11 is 0. The topological polar surface area (TPSA) is 72.2 Å². The third kappa shape index (κ3) is 5.01. The van der Waals surface area contributed by atoms with Crippen molar-refractivity contribution in [2.45, 2.75) is 45.1 Å². The first-order valence-electron chi connectivity index (χ1n) is 4.85. The fraction of sp³-hybridized carbons (Fsp3) is 0.778. The first kappa shape index (κ1) is 13.2. The fourth-order valence-corrected chi connectivity index (χ4v) is 3.15. The Balaban J connectivity index is 4.19. The third-order valence-corrected chi connectivity index (χ3v) is 4.77. The summed E-state index contributed by atoms with van der Waals surface area (Å²) in [5.41, 5.74) is 5.15. The van der Waals surface area contributed by atoms with Gasteiger partial charge in [0.15, 0.2) is 0 Å². The van der Waals surface area contributed by atoms with Gasteiger partial charge < -0.3 is 11.1 Å². The monoisotopic (exact) mass is 216 g/mol. The highest BCUT2D eigenvalue weighted by molar-refractivity contribution is 6.77. The molecule has 0 saturated heterocycles. The van der Waals surface area contributed by atoms with Crippen LogP contribution in [0.25, 0.3) is 0 Å². The highest BCUT2D eigenvalue weighted by atomic mass is 28.3. The predicted octanol–water partition coefficient (Wildman–Crippen LogP) is 0.634. The second kappa shape index (κ2) is 5.14. The minimum absolute atomic E-state index is 0.207. The van der Waals surface area contributed by atoms with E-state index in [2.05, 4.69) is 25.0 Å². The largest absolute Gasteiger partial charge is 0.369 e. The van der Waals surface area contributed by atoms with Gasteiger partial charge in [-0.2, -0.15) is 0 Å². The maximum atomic E-state index is 11.3. The number of primary amides is 1. The van der Waals surface area contributed by atoms with E-state index in [4.69, 9.17) is 5.73 Å². The second-order valence-electron chi connectivity index (χ2n) is 4.54. The van der Waals surface area contributed by atoms with Crippen molar-refractivity contribution in [3.8, 4) is 0 Å². The molecule has 1 atom stereocenters. The zero-order valence-electron chi connectivity index (χ0n) is 9.39. The maximum Gasteiger partial charge on any atom is 0.229 e. The van der Waals surface area contributed by atoms with Crippen molar-refractivity contribution in [3.63, 3.8) is 0 Å². The van der Waals surface area contributed by atoms with E-state index in [9.17, 15) is 9.59 Å². The molecule has 5 heteroatoms. The van der Waals surface area contributed by atoms with Gasteiger partial charge in [-0.1, -0.05) is 26.6 Å². The molecular formula is C9H20N2O2Si. The molecule has 0 saturated carbocycles. The Bertz CT molecular complexity index is 223. The number of amides is 2. The summed E-state index contributed by atoms with van der Waals surface area (Å²) < 4.78 is 0. The summed E-state index contributed by atoms with van der Waals surface area (Å²) in [7, 11) is -1.38. The molecule has 0 heterocycles. The van der Waals surface area contributed by atoms with Gasteiger partial charge in [-0.05, 0) is 6.42 Å². The molecule has 0 aliphatic rings. The van der Waals surface area contributed by atoms with Crippen molar-refractivity contribution in [2.75, 3.05) is 0 Å². The first-order chi connectivity index (χ1) is 6.27. The Labute approximate surface area is 86.3 Å². The van der Waals surface area contributed by atoms with Gasteiger partial charge in [0.25, 0.3) is 0 Å². The molecule has 14 heavy (non-hydrogen) atoms. The third-order valence-electron chi connectivity index (χ3n) is 2.12. The summed E-state index contributed by atoms with van der Waals surface area (Å²) in [5.74, 6) is -0.834. The molecule has 0 spiro atoms. The summed E-state index contributed by atoms with van der Waals surface area (Å²) in [4.78, 5) is 21.8. The van der Waals surface area contributed by atoms with Gasteiger partial charge >= 0.3 is 0 Å². The zero-order valence-corrected chi connectivity index (χ0v) is 10.4. The zero-order chi connectivity index (χ0) is 11.4. The minimum atomic E-state index is -1.38. The number of hydrogen-bond donors (Lipinski definition) is 2. The van der Waals surface area contributed by atoms with Crippen LogP contribution in [0, 0.1) is 0 Å². The van der Waals surface area contributed by atoms with Crippen LogP contribution in [0.3, 0.4) is 0 Å². The molecule has 0 bridgehead atoms. The van der Waals surface area contributed by atoms with Crippen molar-refractivity contribution in [3.05, 3.63) is 0 Å². The molecule has 82 valence electrons. The number of nitrogens with two attached hydrogens (primary N) is 1. The van der Waals surface area contributed by atoms with E-state index >= 15 is 0 Å². The average Bonchev–Trinajstić information content (AvgIpc) is 1.96. The highest BCUT2D eigenvalue weighted by Gasteiger charge is 2.26. The number of carbonyl (C=O) groups excluding carboxylic acids is 2. The summed E-state index contributed by atoms with van der Waals surface area (Å²) in [6.45, 7) is 8.59. The molecule has 3 N–H and O–H groups in total. The van der Waals surface area contributed by atoms with Gasteiger partial charge in [0.05, 0.1) is 8.07 Å². The number of rotatable bonds is 5. The lowest BCUT2D eigenvalue weighted by atomic mass is 10.3. The molecule has 0 radical (unpaired) electrons. The summed E-state index contributed by atoms with van der Waals surface area (Å²) in [6, 6.07) is 0. The van der Waals surface area contributed by atoms with Crippen LogP contribution >= 0.6 is 0 Å². The first-order valence-corrected chi connectivity index (χ1v) is 8.42. The molecular weight excluding hydrogens is 196 g/mol. The van der Waals surface area contributed by atoms with Crippen LogP contribution in [-0.4, -0.2) is 25.6 Å². The van der Waals surface area contributed by atoms with E-state index in [0.29, 0.717) is 0 Å². The summed E-state index contributed by atoms with van der Waals surface area (Å²) in [6.07, 6.45) is 0.696. The molecule has 2 amide bonds. The van der Waals surface area contributed by atoms with E-state index < -0.39 is 14.0 Å². The lowest BCUT2D eigenvalue weighted by molar-refractivity contribution is -0.127. The van der Waals surface area contributed by atoms with Gasteiger partial charge in [-0.3, -0.25) is 9.59 Å². The average molecular weight is 216 g/mol. The molecule has 0 aromatic rings. The van der Waals surface area contributed by atoms with Gasteiger partial charge in [-0.15, -0.1) is 0 Å². The smallest absolute Gasteiger partial charge is 0.229 e. The van der Waals surface area contributed by atoms with Crippen LogP contribution < -0.4 is 11.1 Å². The van der Waals surface area contributed by atoms with Gasteiger partial charge in [0, 0.05) is 5.67 Å². The van der Waals surface area contributed by atoms with E-state index in [1.165, 1.54) is 0 Å². The molecule has 0 aromatic carbocycles. The summed E-state index contributed by atoms with van der Waals surface area (Å²) in [5, 5.41) is 2.86. The molecule has 0 fully saturated rings. The van der Waals surface area contributed by atoms with Crippen LogP contribution in [0.5, 0.6) is 0 Å². The Kier molecular flexibility index (Phi) is 4.83. The quantitative estimate of drug-likeness (QED) is 0.523. The van der Waals surface area contributed by atoms with Crippen molar-refractivity contribution in [1.29, 1.82) is 0 Å². The van der Waals surface area contributed by atoms with Crippen LogP contribution in [0.4, 0.5) is 0 Å². The van der Waals surface area contributed by atoms with E-state index in [-0.39, 0.29) is 18.0 Å². The van der Waals surface area contributed by atoms with Crippen LogP contribution in [0.15, 0.2) is 0 Å². The normalized spacial score (nSPS) is 13.4. The van der Waals surface area contributed by atoms with Gasteiger partial charge in [0.2, 0.25) is 11.8 Å². The molecule has 0 aliphatic carbocycles. The number of nitrogens with one attached hydrogen (secondary N) is 1. The minimum Gasteiger partial charge on any atom is -0.369 e. The van der Waals surface area contributed by atoms with Crippen molar-refractivity contribution < 1.29 is 9.59 Å². The highest BCUT2D eigenvalue weighted by Crippen LogP contribution is 2.10. The fourth-order valence-electron chi connectivity index (χ4n) is 1.33. The standard InChI is InChI=1S/C9H20N2O2Si/c1-5-9(14(2,3)4)11-8(13)6-7(10)12/h9H,5-6H2,1-4H3,(H2,10,12)(H,11,13). The van der Waals surface area contributed by atoms with Gasteiger partial charge in [0.1, 0.15) is 6.42 Å². The SMILES string of the molecule is CCC(NC(=O)CC(N)=O)[Si](C)(C)C. The van der Waals surface area contributed by atoms with Crippen molar-refractivity contribution >= 4 is 19.9 Å². The lowest BCUT2D eigenvalue weighted by Crippen LogP contribution is -2.51. The Morgan fingerprint density at radius 1 is 1.36 bits per heavy atom. The lowest BCUT2D eigenvalue weighted by Gasteiger charge is -2.28. The Morgan fingerprint density at radius 2 is 1.86 bits per heavy atom. The Hall–Kier alpha value is -0.843. The van der Waals surface area contributed by atoms with Crippen LogP contribution in [-0.2, 0) is 9.59 Å². The van der Waals surface area contributed by atoms with E-state index in [1.807, 2.05) is 6.92 Å². The van der Waals surface area contributed by atoms with Crippen molar-refractivity contribution in [2.24, 2.45) is 5.73 Å². The van der Waals surface area contributed by atoms with Crippen LogP contribution in [0.2, 0.25) is 19.6 Å². The molecule has 4 nitrogen and oxygen atoms in total. The molecule has 0 rings (SSSR count). The predicted molar refractivity (Wildman–Crippen MR) is 59.4 cm³/mol. The maximum absolute atomic E-state index is 11.3. The molecule has 0 aromatic heterocycles. The van der Waals surface area contributed by atoms with Gasteiger partial charge in [-0.25, -0.2) is 0 Å².